The van der Waals surface area contributed by atoms with Crippen LogP contribution in [0.2, 0.25) is 0 Å². The van der Waals surface area contributed by atoms with Gasteiger partial charge in [0, 0.05) is 17.2 Å². The molecule has 3 nitrogen and oxygen atoms in total. The molecule has 1 aromatic heterocycles. The van der Waals surface area contributed by atoms with Gasteiger partial charge in [-0.3, -0.25) is 5.10 Å². The number of nitrogens with zero attached hydrogens (tertiary/aromatic N) is 1. The number of hydrogen-bond acceptors (Lipinski definition) is 2. The number of aryl methyl sites for hydroxylation is 2. The van der Waals surface area contributed by atoms with Gasteiger partial charge in [0.15, 0.2) is 0 Å². The average molecular weight is 255 g/mol. The van der Waals surface area contributed by atoms with E-state index in [1.54, 1.807) is 0 Å². The van der Waals surface area contributed by atoms with Crippen molar-refractivity contribution >= 4 is 0 Å². The lowest BCUT2D eigenvalue weighted by atomic mass is 9.94. The Morgan fingerprint density at radius 1 is 1.11 bits per heavy atom. The van der Waals surface area contributed by atoms with Crippen LogP contribution in [0.4, 0.5) is 0 Å². The summed E-state index contributed by atoms with van der Waals surface area (Å²) in [6.07, 6.45) is 2.41. The highest BCUT2D eigenvalue weighted by Gasteiger charge is 2.18. The molecule has 0 spiro atoms. The van der Waals surface area contributed by atoms with Gasteiger partial charge in [0.05, 0.1) is 5.69 Å². The maximum Gasteiger partial charge on any atom is 0.0926 e. The number of hydrogen-bond donors (Lipinski definition) is 2. The van der Waals surface area contributed by atoms with Crippen LogP contribution in [0, 0.1) is 13.8 Å². The first-order chi connectivity index (χ1) is 9.24. The molecule has 1 aliphatic rings. The maximum absolute atomic E-state index is 4.52. The zero-order valence-electron chi connectivity index (χ0n) is 11.7. The maximum atomic E-state index is 4.52. The van der Waals surface area contributed by atoms with Crippen molar-refractivity contribution in [2.75, 3.05) is 13.1 Å². The van der Waals surface area contributed by atoms with Gasteiger partial charge in [0.1, 0.15) is 0 Å². The molecule has 3 rings (SSSR count). The molecule has 1 fully saturated rings. The Labute approximate surface area is 114 Å². The van der Waals surface area contributed by atoms with Crippen LogP contribution in [0.3, 0.4) is 0 Å². The molecule has 0 radical (unpaired) electrons. The summed E-state index contributed by atoms with van der Waals surface area (Å²) in [5.41, 5.74) is 6.18. The third-order valence-corrected chi connectivity index (χ3v) is 4.05. The van der Waals surface area contributed by atoms with Crippen molar-refractivity contribution < 1.29 is 0 Å². The Morgan fingerprint density at radius 2 is 1.89 bits per heavy atom. The summed E-state index contributed by atoms with van der Waals surface area (Å²) >= 11 is 0. The Kier molecular flexibility index (Phi) is 3.38. The molecule has 2 heterocycles. The van der Waals surface area contributed by atoms with Crippen molar-refractivity contribution in [2.24, 2.45) is 0 Å². The molecule has 100 valence electrons. The van der Waals surface area contributed by atoms with Crippen molar-refractivity contribution in [3.63, 3.8) is 0 Å². The fourth-order valence-electron chi connectivity index (χ4n) is 2.83. The second-order valence-electron chi connectivity index (χ2n) is 5.55. The van der Waals surface area contributed by atoms with E-state index >= 15 is 0 Å². The van der Waals surface area contributed by atoms with E-state index in [2.05, 4.69) is 53.6 Å². The van der Waals surface area contributed by atoms with Crippen molar-refractivity contribution in [3.05, 3.63) is 41.1 Å². The minimum absolute atomic E-state index is 0.632. The van der Waals surface area contributed by atoms with Gasteiger partial charge in [-0.1, -0.05) is 17.7 Å². The number of aromatic amines is 1. The van der Waals surface area contributed by atoms with Crippen LogP contribution in [-0.2, 0) is 0 Å². The van der Waals surface area contributed by atoms with Crippen LogP contribution in [0.25, 0.3) is 11.3 Å². The Morgan fingerprint density at radius 3 is 2.68 bits per heavy atom. The second kappa shape index (κ2) is 5.17. The van der Waals surface area contributed by atoms with Crippen LogP contribution in [0.15, 0.2) is 24.3 Å². The summed E-state index contributed by atoms with van der Waals surface area (Å²) in [4.78, 5) is 0. The summed E-state index contributed by atoms with van der Waals surface area (Å²) in [6, 6.07) is 8.78. The van der Waals surface area contributed by atoms with Crippen LogP contribution >= 0.6 is 0 Å². The SMILES string of the molecule is Cc1ccc(C)c(-c2cc(C3CCNCC3)[nH]n2)c1. The molecule has 2 N–H and O–H groups in total. The normalized spacial score (nSPS) is 16.7. The van der Waals surface area contributed by atoms with Gasteiger partial charge in [-0.25, -0.2) is 0 Å². The van der Waals surface area contributed by atoms with Gasteiger partial charge < -0.3 is 5.32 Å². The summed E-state index contributed by atoms with van der Waals surface area (Å²) < 4.78 is 0. The number of benzene rings is 1. The second-order valence-corrected chi connectivity index (χ2v) is 5.55. The van der Waals surface area contributed by atoms with E-state index < -0.39 is 0 Å². The predicted molar refractivity (Wildman–Crippen MR) is 78.3 cm³/mol. The standard InChI is InChI=1S/C16H21N3/c1-11-3-4-12(2)14(9-11)16-10-15(18-19-16)13-5-7-17-8-6-13/h3-4,9-10,13,17H,5-8H2,1-2H3,(H,18,19). The highest BCUT2D eigenvalue weighted by atomic mass is 15.1. The van der Waals surface area contributed by atoms with E-state index in [0.717, 1.165) is 18.8 Å². The number of piperidine rings is 1. The zero-order valence-corrected chi connectivity index (χ0v) is 11.7. The van der Waals surface area contributed by atoms with E-state index in [1.165, 1.54) is 35.2 Å². The molecule has 1 aromatic carbocycles. The molecule has 0 saturated carbocycles. The molecule has 1 aliphatic heterocycles. The minimum Gasteiger partial charge on any atom is -0.317 e. The van der Waals surface area contributed by atoms with Gasteiger partial charge in [-0.2, -0.15) is 5.10 Å². The smallest absolute Gasteiger partial charge is 0.0926 e. The highest BCUT2D eigenvalue weighted by Crippen LogP contribution is 2.28. The number of H-pyrrole nitrogens is 1. The largest absolute Gasteiger partial charge is 0.317 e. The number of rotatable bonds is 2. The Balaban J connectivity index is 1.89. The van der Waals surface area contributed by atoms with Gasteiger partial charge in [-0.05, 0) is 57.5 Å². The van der Waals surface area contributed by atoms with Crippen molar-refractivity contribution in [2.45, 2.75) is 32.6 Å². The Hall–Kier alpha value is -1.61. The molecule has 0 bridgehead atoms. The Bertz CT molecular complexity index is 565. The van der Waals surface area contributed by atoms with Gasteiger partial charge in [0.2, 0.25) is 0 Å². The first kappa shape index (κ1) is 12.4. The topological polar surface area (TPSA) is 40.7 Å². The van der Waals surface area contributed by atoms with Gasteiger partial charge >= 0.3 is 0 Å². The van der Waals surface area contributed by atoms with Crippen molar-refractivity contribution in [3.8, 4) is 11.3 Å². The molecule has 3 heteroatoms. The minimum atomic E-state index is 0.632. The predicted octanol–water partition coefficient (Wildman–Crippen LogP) is 3.16. The fourth-order valence-corrected chi connectivity index (χ4v) is 2.83. The quantitative estimate of drug-likeness (QED) is 0.865. The van der Waals surface area contributed by atoms with E-state index in [4.69, 9.17) is 0 Å². The number of nitrogens with one attached hydrogen (secondary N) is 2. The zero-order chi connectivity index (χ0) is 13.2. The van der Waals surface area contributed by atoms with E-state index in [9.17, 15) is 0 Å². The van der Waals surface area contributed by atoms with E-state index in [0.29, 0.717) is 5.92 Å². The van der Waals surface area contributed by atoms with E-state index in [1.807, 2.05) is 0 Å². The lowest BCUT2D eigenvalue weighted by Crippen LogP contribution is -2.26. The highest BCUT2D eigenvalue weighted by molar-refractivity contribution is 5.64. The number of aromatic nitrogens is 2. The third-order valence-electron chi connectivity index (χ3n) is 4.05. The lowest BCUT2D eigenvalue weighted by molar-refractivity contribution is 0.453. The summed E-state index contributed by atoms with van der Waals surface area (Å²) in [5, 5.41) is 11.2. The third kappa shape index (κ3) is 2.56. The summed E-state index contributed by atoms with van der Waals surface area (Å²) in [5.74, 6) is 0.632. The summed E-state index contributed by atoms with van der Waals surface area (Å²) in [7, 11) is 0. The first-order valence-electron chi connectivity index (χ1n) is 7.07. The molecule has 0 aliphatic carbocycles. The van der Waals surface area contributed by atoms with Gasteiger partial charge in [0.25, 0.3) is 0 Å². The molecule has 1 saturated heterocycles. The van der Waals surface area contributed by atoms with Crippen LogP contribution in [-0.4, -0.2) is 23.3 Å². The molecular formula is C16H21N3. The molecule has 0 unspecified atom stereocenters. The summed E-state index contributed by atoms with van der Waals surface area (Å²) in [6.45, 7) is 6.50. The van der Waals surface area contributed by atoms with Gasteiger partial charge in [-0.15, -0.1) is 0 Å². The fraction of sp³-hybridized carbons (Fsp3) is 0.438. The first-order valence-corrected chi connectivity index (χ1v) is 7.07. The van der Waals surface area contributed by atoms with Crippen molar-refractivity contribution in [1.29, 1.82) is 0 Å². The van der Waals surface area contributed by atoms with Crippen LogP contribution in [0.5, 0.6) is 0 Å². The van der Waals surface area contributed by atoms with Crippen LogP contribution in [0.1, 0.15) is 35.6 Å². The molecule has 19 heavy (non-hydrogen) atoms. The molecular weight excluding hydrogens is 234 g/mol. The average Bonchev–Trinajstić information content (AvgIpc) is 2.92. The molecule has 2 aromatic rings. The monoisotopic (exact) mass is 255 g/mol. The lowest BCUT2D eigenvalue weighted by Gasteiger charge is -2.20. The van der Waals surface area contributed by atoms with Crippen LogP contribution < -0.4 is 5.32 Å². The molecule has 0 atom stereocenters. The molecule has 0 amide bonds. The van der Waals surface area contributed by atoms with E-state index in [-0.39, 0.29) is 0 Å². The van der Waals surface area contributed by atoms with Crippen molar-refractivity contribution in [1.82, 2.24) is 15.5 Å².